The minimum Gasteiger partial charge on any atom is -0.480 e. The number of non-ortho nitro benzene ring substituents is 1. The fourth-order valence-corrected chi connectivity index (χ4v) is 2.44. The van der Waals surface area contributed by atoms with Gasteiger partial charge in [0.2, 0.25) is 5.91 Å². The first-order chi connectivity index (χ1) is 10.2. The predicted octanol–water partition coefficient (Wildman–Crippen LogP) is 2.44. The van der Waals surface area contributed by atoms with Crippen LogP contribution in [-0.4, -0.2) is 32.7 Å². The maximum atomic E-state index is 12.1. The molecule has 8 heteroatoms. The van der Waals surface area contributed by atoms with Gasteiger partial charge >= 0.3 is 5.97 Å². The molecule has 120 valence electrons. The molecule has 22 heavy (non-hydrogen) atoms. The highest BCUT2D eigenvalue weighted by atomic mass is 32.2. The maximum Gasteiger partial charge on any atom is 0.329 e. The van der Waals surface area contributed by atoms with Crippen molar-refractivity contribution in [1.29, 1.82) is 0 Å². The van der Waals surface area contributed by atoms with Gasteiger partial charge in [0.1, 0.15) is 5.54 Å². The number of nitro benzene ring substituents is 1. The second kappa shape index (κ2) is 7.26. The minimum atomic E-state index is -1.30. The van der Waals surface area contributed by atoms with Gasteiger partial charge in [-0.05, 0) is 32.4 Å². The Morgan fingerprint density at radius 3 is 2.36 bits per heavy atom. The van der Waals surface area contributed by atoms with Crippen LogP contribution >= 0.6 is 11.8 Å². The lowest BCUT2D eigenvalue weighted by molar-refractivity contribution is -0.384. The van der Waals surface area contributed by atoms with Crippen LogP contribution in [0, 0.1) is 10.1 Å². The van der Waals surface area contributed by atoms with Crippen LogP contribution in [0.2, 0.25) is 0 Å². The van der Waals surface area contributed by atoms with E-state index in [0.717, 1.165) is 0 Å². The van der Waals surface area contributed by atoms with Crippen LogP contribution < -0.4 is 5.32 Å². The molecule has 0 saturated carbocycles. The van der Waals surface area contributed by atoms with Crippen molar-refractivity contribution in [3.63, 3.8) is 0 Å². The molecule has 0 aliphatic rings. The average molecular weight is 326 g/mol. The first-order valence-electron chi connectivity index (χ1n) is 6.66. The van der Waals surface area contributed by atoms with Crippen molar-refractivity contribution in [1.82, 2.24) is 5.32 Å². The van der Waals surface area contributed by atoms with Gasteiger partial charge in [-0.2, -0.15) is 0 Å². The molecule has 0 aromatic heterocycles. The van der Waals surface area contributed by atoms with Gasteiger partial charge in [0, 0.05) is 17.0 Å². The predicted molar refractivity (Wildman–Crippen MR) is 82.9 cm³/mol. The molecule has 1 rings (SSSR count). The third-order valence-electron chi connectivity index (χ3n) is 3.31. The average Bonchev–Trinajstić information content (AvgIpc) is 2.47. The third kappa shape index (κ3) is 4.45. The molecule has 0 heterocycles. The van der Waals surface area contributed by atoms with E-state index in [-0.39, 0.29) is 12.1 Å². The zero-order valence-corrected chi connectivity index (χ0v) is 13.3. The van der Waals surface area contributed by atoms with Crippen LogP contribution in [0.5, 0.6) is 0 Å². The normalized spacial score (nSPS) is 14.7. The summed E-state index contributed by atoms with van der Waals surface area (Å²) in [6.45, 7) is 4.79. The van der Waals surface area contributed by atoms with Gasteiger partial charge in [0.05, 0.1) is 10.2 Å². The first-order valence-corrected chi connectivity index (χ1v) is 7.54. The number of hydrogen-bond acceptors (Lipinski definition) is 5. The van der Waals surface area contributed by atoms with Gasteiger partial charge in [-0.3, -0.25) is 14.9 Å². The molecule has 0 fully saturated rings. The summed E-state index contributed by atoms with van der Waals surface area (Å²) in [5.74, 6) is -1.48. The van der Waals surface area contributed by atoms with E-state index in [9.17, 15) is 19.7 Å². The molecular weight excluding hydrogens is 308 g/mol. The Balaban J connectivity index is 2.71. The van der Waals surface area contributed by atoms with Crippen molar-refractivity contribution in [3.8, 4) is 0 Å². The highest BCUT2D eigenvalue weighted by Gasteiger charge is 2.34. The number of nitrogens with one attached hydrogen (secondary N) is 1. The molecule has 0 bridgehead atoms. The summed E-state index contributed by atoms with van der Waals surface area (Å²) in [6.07, 6.45) is 0.267. The molecule has 0 radical (unpaired) electrons. The number of benzene rings is 1. The molecule has 1 aromatic carbocycles. The summed E-state index contributed by atoms with van der Waals surface area (Å²) in [5.41, 5.74) is -1.33. The number of thioether (sulfide) groups is 1. The van der Waals surface area contributed by atoms with E-state index in [0.29, 0.717) is 4.90 Å². The maximum absolute atomic E-state index is 12.1. The van der Waals surface area contributed by atoms with Gasteiger partial charge in [0.15, 0.2) is 0 Å². The van der Waals surface area contributed by atoms with Crippen LogP contribution in [0.15, 0.2) is 29.2 Å². The second-order valence-corrected chi connectivity index (χ2v) is 6.41. The van der Waals surface area contributed by atoms with Crippen molar-refractivity contribution in [2.45, 2.75) is 42.9 Å². The quantitative estimate of drug-likeness (QED) is 0.452. The van der Waals surface area contributed by atoms with Crippen molar-refractivity contribution in [2.75, 3.05) is 0 Å². The van der Waals surface area contributed by atoms with Gasteiger partial charge in [0.25, 0.3) is 5.69 Å². The summed E-state index contributed by atoms with van der Waals surface area (Å²) in [5, 5.41) is 21.7. The number of nitro groups is 1. The lowest BCUT2D eigenvalue weighted by atomic mass is 9.99. The standard InChI is InChI=1S/C14H18N2O5S/c1-4-14(3,13(18)19)15-12(17)9(2)22-11-7-5-10(6-8-11)16(20)21/h5-9H,4H2,1-3H3,(H,15,17)(H,18,19). The van der Waals surface area contributed by atoms with Crippen LogP contribution in [0.25, 0.3) is 0 Å². The lowest BCUT2D eigenvalue weighted by Gasteiger charge is -2.26. The number of aliphatic carboxylic acids is 1. The molecular formula is C14H18N2O5S. The molecule has 0 spiro atoms. The Hall–Kier alpha value is -2.09. The van der Waals surface area contributed by atoms with E-state index in [1.54, 1.807) is 26.0 Å². The fraction of sp³-hybridized carbons (Fsp3) is 0.429. The van der Waals surface area contributed by atoms with Crippen LogP contribution in [0.3, 0.4) is 0 Å². The number of carbonyl (C=O) groups excluding carboxylic acids is 1. The Morgan fingerprint density at radius 1 is 1.41 bits per heavy atom. The Morgan fingerprint density at radius 2 is 1.95 bits per heavy atom. The zero-order chi connectivity index (χ0) is 16.9. The third-order valence-corrected chi connectivity index (χ3v) is 4.42. The molecule has 2 unspecified atom stereocenters. The summed E-state index contributed by atoms with van der Waals surface area (Å²) in [4.78, 5) is 34.1. The first kappa shape index (κ1) is 18.0. The van der Waals surface area contributed by atoms with E-state index >= 15 is 0 Å². The van der Waals surface area contributed by atoms with E-state index in [1.165, 1.54) is 30.8 Å². The fourth-order valence-electron chi connectivity index (χ4n) is 1.57. The van der Waals surface area contributed by atoms with Crippen LogP contribution in [0.4, 0.5) is 5.69 Å². The van der Waals surface area contributed by atoms with Crippen molar-refractivity contribution in [3.05, 3.63) is 34.4 Å². The molecule has 0 aliphatic heterocycles. The van der Waals surface area contributed by atoms with E-state index < -0.39 is 27.6 Å². The summed E-state index contributed by atoms with van der Waals surface area (Å²) < 4.78 is 0. The van der Waals surface area contributed by atoms with Gasteiger partial charge in [-0.25, -0.2) is 4.79 Å². The molecule has 1 amide bonds. The monoisotopic (exact) mass is 326 g/mol. The summed E-state index contributed by atoms with van der Waals surface area (Å²) in [6, 6.07) is 5.84. The largest absolute Gasteiger partial charge is 0.480 e. The number of carboxylic acids is 1. The summed E-state index contributed by atoms with van der Waals surface area (Å²) >= 11 is 1.21. The number of carbonyl (C=O) groups is 2. The Bertz CT molecular complexity index is 575. The van der Waals surface area contributed by atoms with Crippen LogP contribution in [-0.2, 0) is 9.59 Å². The SMILES string of the molecule is CCC(C)(NC(=O)C(C)Sc1ccc([N+](=O)[O-])cc1)C(=O)O. The van der Waals surface area contributed by atoms with Gasteiger partial charge in [-0.15, -0.1) is 11.8 Å². The highest BCUT2D eigenvalue weighted by Crippen LogP contribution is 2.26. The van der Waals surface area contributed by atoms with E-state index in [4.69, 9.17) is 5.11 Å². The number of nitrogens with zero attached hydrogens (tertiary/aromatic N) is 1. The minimum absolute atomic E-state index is 0.0223. The Kier molecular flexibility index (Phi) is 5.92. The van der Waals surface area contributed by atoms with E-state index in [1.807, 2.05) is 0 Å². The van der Waals surface area contributed by atoms with Crippen molar-refractivity contribution < 1.29 is 19.6 Å². The number of carboxylic acid groups (broad SMARTS) is 1. The highest BCUT2D eigenvalue weighted by molar-refractivity contribution is 8.00. The number of rotatable bonds is 7. The summed E-state index contributed by atoms with van der Waals surface area (Å²) in [7, 11) is 0. The topological polar surface area (TPSA) is 110 Å². The molecule has 0 saturated heterocycles. The smallest absolute Gasteiger partial charge is 0.329 e. The molecule has 2 atom stereocenters. The van der Waals surface area contributed by atoms with Gasteiger partial charge in [-0.1, -0.05) is 6.92 Å². The second-order valence-electron chi connectivity index (χ2n) is 4.99. The lowest BCUT2D eigenvalue weighted by Crippen LogP contribution is -2.53. The van der Waals surface area contributed by atoms with Gasteiger partial charge < -0.3 is 10.4 Å². The molecule has 2 N–H and O–H groups in total. The Labute approximate surface area is 132 Å². The number of amides is 1. The zero-order valence-electron chi connectivity index (χ0n) is 12.5. The van der Waals surface area contributed by atoms with Crippen molar-refractivity contribution in [2.24, 2.45) is 0 Å². The van der Waals surface area contributed by atoms with Crippen molar-refractivity contribution >= 4 is 29.3 Å². The molecule has 7 nitrogen and oxygen atoms in total. The number of hydrogen-bond donors (Lipinski definition) is 2. The molecule has 0 aliphatic carbocycles. The van der Waals surface area contributed by atoms with Crippen LogP contribution in [0.1, 0.15) is 27.2 Å². The van der Waals surface area contributed by atoms with E-state index in [2.05, 4.69) is 5.32 Å². The molecule has 1 aromatic rings.